The summed E-state index contributed by atoms with van der Waals surface area (Å²) in [5, 5.41) is 0.235. The number of hydrogen-bond donors (Lipinski definition) is 2. The van der Waals surface area contributed by atoms with Crippen LogP contribution in [0.5, 0.6) is 0 Å². The molecule has 0 spiro atoms. The molecule has 0 aliphatic rings. The molecule has 0 radical (unpaired) electrons. The maximum atomic E-state index is 11.6. The van der Waals surface area contributed by atoms with Gasteiger partial charge in [0.05, 0.1) is 0 Å². The van der Waals surface area contributed by atoms with Gasteiger partial charge in [-0.15, -0.1) is 0 Å². The van der Waals surface area contributed by atoms with E-state index in [1.165, 1.54) is 0 Å². The van der Waals surface area contributed by atoms with Crippen LogP contribution in [0.1, 0.15) is 31.9 Å². The highest BCUT2D eigenvalue weighted by molar-refractivity contribution is 5.76. The normalized spacial score (nSPS) is 10.0. The Morgan fingerprint density at radius 1 is 1.11 bits per heavy atom. The first-order valence-corrected chi connectivity index (χ1v) is 5.83. The fourth-order valence-electron chi connectivity index (χ4n) is 1.74. The van der Waals surface area contributed by atoms with E-state index >= 15 is 0 Å². The lowest BCUT2D eigenvalue weighted by atomic mass is 10.1. The molecule has 0 saturated heterocycles. The van der Waals surface area contributed by atoms with Gasteiger partial charge in [-0.1, -0.05) is 20.8 Å². The van der Waals surface area contributed by atoms with Gasteiger partial charge in [0.2, 0.25) is 5.71 Å². The Morgan fingerprint density at radius 2 is 1.72 bits per heavy atom. The van der Waals surface area contributed by atoms with Crippen molar-refractivity contribution in [1.82, 2.24) is 9.97 Å². The van der Waals surface area contributed by atoms with E-state index in [2.05, 4.69) is 9.97 Å². The zero-order valence-corrected chi connectivity index (χ0v) is 10.8. The second-order valence-corrected chi connectivity index (χ2v) is 3.46. The van der Waals surface area contributed by atoms with Crippen LogP contribution in [0.4, 0.5) is 0 Å². The number of fused-ring (bicyclic) bond motifs is 1. The van der Waals surface area contributed by atoms with Gasteiger partial charge in [0.25, 0.3) is 5.56 Å². The SMILES string of the molecule is CC.CCc1c(C)c(=O)oc2[nH]c(=O)[nH]c(=O)c12. The molecule has 6 heteroatoms. The molecule has 0 unspecified atom stereocenters. The molecule has 0 aliphatic carbocycles. The van der Waals surface area contributed by atoms with Crippen LogP contribution >= 0.6 is 0 Å². The maximum absolute atomic E-state index is 11.6. The fourth-order valence-corrected chi connectivity index (χ4v) is 1.74. The molecule has 2 N–H and O–H groups in total. The van der Waals surface area contributed by atoms with Crippen LogP contribution in [0, 0.1) is 6.92 Å². The van der Waals surface area contributed by atoms with E-state index in [9.17, 15) is 14.4 Å². The Bertz CT molecular complexity index is 721. The van der Waals surface area contributed by atoms with Crippen LogP contribution in [-0.4, -0.2) is 9.97 Å². The van der Waals surface area contributed by atoms with E-state index in [0.29, 0.717) is 17.5 Å². The van der Waals surface area contributed by atoms with Crippen molar-refractivity contribution in [3.05, 3.63) is 42.4 Å². The molecule has 2 aromatic rings. The summed E-state index contributed by atoms with van der Waals surface area (Å²) in [4.78, 5) is 38.5. The van der Waals surface area contributed by atoms with E-state index in [1.807, 2.05) is 20.8 Å². The molecule has 0 aromatic carbocycles. The van der Waals surface area contributed by atoms with Crippen molar-refractivity contribution in [3.63, 3.8) is 0 Å². The number of rotatable bonds is 1. The molecular weight excluding hydrogens is 236 g/mol. The Hall–Kier alpha value is -2.11. The third kappa shape index (κ3) is 2.27. The van der Waals surface area contributed by atoms with Gasteiger partial charge in [0, 0.05) is 5.56 Å². The molecule has 0 aliphatic heterocycles. The molecule has 0 amide bonds. The van der Waals surface area contributed by atoms with Crippen LogP contribution in [0.25, 0.3) is 11.1 Å². The molecule has 2 heterocycles. The predicted molar refractivity (Wildman–Crippen MR) is 69.2 cm³/mol. The Labute approximate surface area is 103 Å². The highest BCUT2D eigenvalue weighted by Gasteiger charge is 2.13. The number of nitrogens with one attached hydrogen (secondary N) is 2. The highest BCUT2D eigenvalue weighted by Crippen LogP contribution is 2.13. The Morgan fingerprint density at radius 3 is 2.28 bits per heavy atom. The molecule has 6 nitrogen and oxygen atoms in total. The van der Waals surface area contributed by atoms with Gasteiger partial charge in [-0.3, -0.25) is 14.8 Å². The lowest BCUT2D eigenvalue weighted by Crippen LogP contribution is -2.24. The summed E-state index contributed by atoms with van der Waals surface area (Å²) >= 11 is 0. The van der Waals surface area contributed by atoms with Gasteiger partial charge in [0.15, 0.2) is 0 Å². The first-order valence-electron chi connectivity index (χ1n) is 5.83. The second kappa shape index (κ2) is 5.48. The van der Waals surface area contributed by atoms with Gasteiger partial charge < -0.3 is 4.42 Å². The van der Waals surface area contributed by atoms with E-state index < -0.39 is 16.9 Å². The molecule has 2 rings (SSSR count). The van der Waals surface area contributed by atoms with Crippen molar-refractivity contribution >= 4 is 11.1 Å². The fraction of sp³-hybridized carbons (Fsp3) is 0.417. The minimum Gasteiger partial charge on any atom is -0.405 e. The second-order valence-electron chi connectivity index (χ2n) is 3.46. The minimum absolute atomic E-state index is 0.0683. The first-order chi connectivity index (χ1) is 8.54. The number of aromatic amines is 2. The summed E-state index contributed by atoms with van der Waals surface area (Å²) in [5.41, 5.74) is -0.836. The van der Waals surface area contributed by atoms with Crippen LogP contribution in [0.3, 0.4) is 0 Å². The third-order valence-corrected chi connectivity index (χ3v) is 2.52. The van der Waals surface area contributed by atoms with Crippen molar-refractivity contribution < 1.29 is 4.42 Å². The van der Waals surface area contributed by atoms with E-state index in [-0.39, 0.29) is 11.1 Å². The van der Waals surface area contributed by atoms with Gasteiger partial charge in [-0.05, 0) is 18.9 Å². The lowest BCUT2D eigenvalue weighted by Gasteiger charge is -2.04. The maximum Gasteiger partial charge on any atom is 0.340 e. The van der Waals surface area contributed by atoms with Crippen LogP contribution in [0.2, 0.25) is 0 Å². The number of H-pyrrole nitrogens is 2. The average Bonchev–Trinajstić information content (AvgIpc) is 2.34. The van der Waals surface area contributed by atoms with E-state index in [1.54, 1.807) is 6.92 Å². The summed E-state index contributed by atoms with van der Waals surface area (Å²) in [6, 6.07) is 0. The zero-order valence-electron chi connectivity index (χ0n) is 10.8. The van der Waals surface area contributed by atoms with Crippen molar-refractivity contribution in [1.29, 1.82) is 0 Å². The van der Waals surface area contributed by atoms with E-state index in [0.717, 1.165) is 0 Å². The Balaban J connectivity index is 0.000000771. The average molecular weight is 252 g/mol. The summed E-state index contributed by atoms with van der Waals surface area (Å²) in [5.74, 6) is 0. The van der Waals surface area contributed by atoms with Crippen molar-refractivity contribution in [3.8, 4) is 0 Å². The summed E-state index contributed by atoms with van der Waals surface area (Å²) in [6.07, 6.45) is 0.517. The van der Waals surface area contributed by atoms with Crippen molar-refractivity contribution in [2.24, 2.45) is 0 Å². The highest BCUT2D eigenvalue weighted by atomic mass is 16.4. The minimum atomic E-state index is -0.688. The van der Waals surface area contributed by atoms with Gasteiger partial charge in [-0.2, -0.15) is 0 Å². The summed E-state index contributed by atoms with van der Waals surface area (Å²) in [7, 11) is 0. The van der Waals surface area contributed by atoms with Gasteiger partial charge in [-0.25, -0.2) is 9.59 Å². The molecule has 2 aromatic heterocycles. The van der Waals surface area contributed by atoms with Gasteiger partial charge >= 0.3 is 11.3 Å². The molecule has 0 atom stereocenters. The lowest BCUT2D eigenvalue weighted by molar-refractivity contribution is 0.538. The van der Waals surface area contributed by atoms with Crippen molar-refractivity contribution in [2.45, 2.75) is 34.1 Å². The molecular formula is C12H16N2O4. The first kappa shape index (κ1) is 14.0. The monoisotopic (exact) mass is 252 g/mol. The summed E-state index contributed by atoms with van der Waals surface area (Å²) in [6.45, 7) is 7.42. The molecule has 18 heavy (non-hydrogen) atoms. The Kier molecular flexibility index (Phi) is 4.25. The smallest absolute Gasteiger partial charge is 0.340 e. The third-order valence-electron chi connectivity index (χ3n) is 2.52. The predicted octanol–water partition coefficient (Wildman–Crippen LogP) is 1.07. The van der Waals surface area contributed by atoms with Crippen LogP contribution in [-0.2, 0) is 6.42 Å². The largest absolute Gasteiger partial charge is 0.405 e. The number of aryl methyl sites for hydroxylation is 1. The number of hydrogen-bond acceptors (Lipinski definition) is 4. The van der Waals surface area contributed by atoms with Crippen LogP contribution in [0.15, 0.2) is 18.8 Å². The standard InChI is InChI=1S/C10H10N2O4.C2H6/c1-3-5-4(2)9(14)16-8-6(5)7(13)11-10(15)12-8;1-2/h3H2,1-2H3,(H2,11,12,13,15);1-2H3. The zero-order chi connectivity index (χ0) is 13.9. The molecule has 0 bridgehead atoms. The number of aromatic nitrogens is 2. The van der Waals surface area contributed by atoms with E-state index in [4.69, 9.17) is 4.42 Å². The van der Waals surface area contributed by atoms with Crippen molar-refractivity contribution in [2.75, 3.05) is 0 Å². The summed E-state index contributed by atoms with van der Waals surface area (Å²) < 4.78 is 4.87. The molecule has 0 fully saturated rings. The molecule has 0 saturated carbocycles. The van der Waals surface area contributed by atoms with Crippen LogP contribution < -0.4 is 16.9 Å². The van der Waals surface area contributed by atoms with Gasteiger partial charge in [0.1, 0.15) is 5.39 Å². The quantitative estimate of drug-likeness (QED) is 0.793. The topological polar surface area (TPSA) is 95.9 Å². The molecule has 98 valence electrons.